The van der Waals surface area contributed by atoms with E-state index < -0.39 is 0 Å². The number of fused-ring (bicyclic) bond motifs is 1. The lowest BCUT2D eigenvalue weighted by atomic mass is 10.0. The zero-order chi connectivity index (χ0) is 14.7. The van der Waals surface area contributed by atoms with Crippen LogP contribution in [0.4, 0.5) is 0 Å². The molecule has 0 saturated carbocycles. The summed E-state index contributed by atoms with van der Waals surface area (Å²) in [5.74, 6) is -0.382. The molecular formula is C16H19NO3. The molecule has 4 nitrogen and oxygen atoms in total. The van der Waals surface area contributed by atoms with Crippen molar-refractivity contribution in [1.29, 1.82) is 0 Å². The molecule has 1 amide bonds. The summed E-state index contributed by atoms with van der Waals surface area (Å²) in [5.41, 5.74) is 0.251. The molecule has 2 aromatic carbocycles. The first-order valence-corrected chi connectivity index (χ1v) is 6.67. The maximum atomic E-state index is 12.2. The third kappa shape index (κ3) is 2.75. The number of rotatable bonds is 4. The van der Waals surface area contributed by atoms with Gasteiger partial charge in [-0.3, -0.25) is 4.79 Å². The number of nitrogens with one attached hydrogen (secondary N) is 1. The van der Waals surface area contributed by atoms with Crippen molar-refractivity contribution < 1.29 is 15.0 Å². The fourth-order valence-corrected chi connectivity index (χ4v) is 2.02. The molecule has 2 rings (SSSR count). The van der Waals surface area contributed by atoms with Crippen LogP contribution in [0, 0.1) is 5.92 Å². The topological polar surface area (TPSA) is 69.6 Å². The Labute approximate surface area is 118 Å². The molecule has 0 aliphatic heterocycles. The fourth-order valence-electron chi connectivity index (χ4n) is 2.02. The molecule has 2 aromatic rings. The highest BCUT2D eigenvalue weighted by Gasteiger charge is 2.18. The second-order valence-corrected chi connectivity index (χ2v) is 5.10. The van der Waals surface area contributed by atoms with E-state index in [0.717, 1.165) is 5.39 Å². The molecular weight excluding hydrogens is 254 g/mol. The number of phenolic OH excluding ortho intramolecular Hbond substituents is 1. The molecule has 0 fully saturated rings. The maximum absolute atomic E-state index is 12.2. The first-order chi connectivity index (χ1) is 9.54. The Hall–Kier alpha value is -2.07. The summed E-state index contributed by atoms with van der Waals surface area (Å²) in [6, 6.07) is 10.6. The van der Waals surface area contributed by atoms with Crippen LogP contribution in [0.3, 0.4) is 0 Å². The Kier molecular flexibility index (Phi) is 4.25. The second kappa shape index (κ2) is 5.92. The molecule has 2 atom stereocenters. The van der Waals surface area contributed by atoms with Gasteiger partial charge in [0, 0.05) is 18.0 Å². The van der Waals surface area contributed by atoms with Gasteiger partial charge in [-0.05, 0) is 24.3 Å². The lowest BCUT2D eigenvalue weighted by Crippen LogP contribution is -2.38. The third-order valence-electron chi connectivity index (χ3n) is 3.65. The van der Waals surface area contributed by atoms with E-state index >= 15 is 0 Å². The second-order valence-electron chi connectivity index (χ2n) is 5.10. The molecule has 3 N–H and O–H groups in total. The normalized spacial score (nSPS) is 13.9. The van der Waals surface area contributed by atoms with Crippen molar-refractivity contribution in [2.45, 2.75) is 19.9 Å². The predicted molar refractivity (Wildman–Crippen MR) is 78.8 cm³/mol. The molecule has 0 bridgehead atoms. The highest BCUT2D eigenvalue weighted by Crippen LogP contribution is 2.28. The Balaban J connectivity index is 2.29. The summed E-state index contributed by atoms with van der Waals surface area (Å²) in [6.07, 6.45) is 0. The van der Waals surface area contributed by atoms with Crippen molar-refractivity contribution in [2.75, 3.05) is 6.61 Å². The monoisotopic (exact) mass is 273 g/mol. The molecule has 4 heteroatoms. The van der Waals surface area contributed by atoms with E-state index in [9.17, 15) is 9.90 Å². The minimum atomic E-state index is -0.332. The molecule has 0 heterocycles. The highest BCUT2D eigenvalue weighted by atomic mass is 16.3. The van der Waals surface area contributed by atoms with Gasteiger partial charge in [-0.15, -0.1) is 0 Å². The van der Waals surface area contributed by atoms with Gasteiger partial charge in [-0.25, -0.2) is 0 Å². The maximum Gasteiger partial charge on any atom is 0.255 e. The van der Waals surface area contributed by atoms with Crippen LogP contribution in [0.5, 0.6) is 5.75 Å². The van der Waals surface area contributed by atoms with Crippen LogP contribution in [0.1, 0.15) is 24.2 Å². The number of carbonyl (C=O) groups is 1. The zero-order valence-electron chi connectivity index (χ0n) is 11.6. The summed E-state index contributed by atoms with van der Waals surface area (Å²) in [4.78, 5) is 12.2. The van der Waals surface area contributed by atoms with Gasteiger partial charge in [0.25, 0.3) is 5.91 Å². The van der Waals surface area contributed by atoms with Gasteiger partial charge in [-0.2, -0.15) is 0 Å². The SMILES string of the molecule is CC(CO)C(C)NC(=O)c1ccc2ccccc2c1O. The standard InChI is InChI=1S/C16H19NO3/c1-10(9-18)11(2)17-16(20)14-8-7-12-5-3-4-6-13(12)15(14)19/h3-8,10-11,18-19H,9H2,1-2H3,(H,17,20). The van der Waals surface area contributed by atoms with Crippen LogP contribution in [-0.4, -0.2) is 28.8 Å². The summed E-state index contributed by atoms with van der Waals surface area (Å²) < 4.78 is 0. The van der Waals surface area contributed by atoms with Crippen LogP contribution in [-0.2, 0) is 0 Å². The van der Waals surface area contributed by atoms with Crippen LogP contribution < -0.4 is 5.32 Å². The minimum Gasteiger partial charge on any atom is -0.506 e. The van der Waals surface area contributed by atoms with Crippen molar-refractivity contribution in [3.63, 3.8) is 0 Å². The number of hydrogen-bond acceptors (Lipinski definition) is 3. The molecule has 0 spiro atoms. The lowest BCUT2D eigenvalue weighted by Gasteiger charge is -2.19. The van der Waals surface area contributed by atoms with Gasteiger partial charge < -0.3 is 15.5 Å². The van der Waals surface area contributed by atoms with Crippen LogP contribution in [0.25, 0.3) is 10.8 Å². The Morgan fingerprint density at radius 1 is 1.20 bits per heavy atom. The van der Waals surface area contributed by atoms with E-state index in [4.69, 9.17) is 5.11 Å². The molecule has 0 aromatic heterocycles. The number of aliphatic hydroxyl groups is 1. The van der Waals surface area contributed by atoms with Crippen LogP contribution in [0.2, 0.25) is 0 Å². The predicted octanol–water partition coefficient (Wildman–Crippen LogP) is 2.29. The van der Waals surface area contributed by atoms with E-state index in [1.165, 1.54) is 0 Å². The smallest absolute Gasteiger partial charge is 0.255 e. The molecule has 0 aliphatic carbocycles. The Bertz CT molecular complexity index is 624. The molecule has 0 aliphatic rings. The fraction of sp³-hybridized carbons (Fsp3) is 0.312. The first-order valence-electron chi connectivity index (χ1n) is 6.67. The molecule has 2 unspecified atom stereocenters. The molecule has 106 valence electrons. The van der Waals surface area contributed by atoms with E-state index in [0.29, 0.717) is 5.39 Å². The average Bonchev–Trinajstić information content (AvgIpc) is 2.46. The Morgan fingerprint density at radius 3 is 2.60 bits per heavy atom. The summed E-state index contributed by atoms with van der Waals surface area (Å²) in [6.45, 7) is 3.69. The number of hydrogen-bond donors (Lipinski definition) is 3. The minimum absolute atomic E-state index is 0.00511. The van der Waals surface area contributed by atoms with Crippen LogP contribution >= 0.6 is 0 Å². The highest BCUT2D eigenvalue weighted by molar-refractivity contribution is 6.03. The summed E-state index contributed by atoms with van der Waals surface area (Å²) in [7, 11) is 0. The molecule has 0 saturated heterocycles. The van der Waals surface area contributed by atoms with E-state index in [1.54, 1.807) is 12.1 Å². The van der Waals surface area contributed by atoms with Crippen molar-refractivity contribution in [1.82, 2.24) is 5.32 Å². The van der Waals surface area contributed by atoms with Crippen LogP contribution in [0.15, 0.2) is 36.4 Å². The van der Waals surface area contributed by atoms with Crippen molar-refractivity contribution in [3.05, 3.63) is 42.0 Å². The molecule has 0 radical (unpaired) electrons. The number of phenols is 1. The van der Waals surface area contributed by atoms with E-state index in [-0.39, 0.29) is 35.8 Å². The number of amides is 1. The first kappa shape index (κ1) is 14.3. The van der Waals surface area contributed by atoms with Crippen molar-refractivity contribution in [3.8, 4) is 5.75 Å². The third-order valence-corrected chi connectivity index (χ3v) is 3.65. The zero-order valence-corrected chi connectivity index (χ0v) is 11.6. The van der Waals surface area contributed by atoms with Gasteiger partial charge in [-0.1, -0.05) is 37.3 Å². The quantitative estimate of drug-likeness (QED) is 0.800. The van der Waals surface area contributed by atoms with E-state index in [2.05, 4.69) is 5.32 Å². The van der Waals surface area contributed by atoms with Gasteiger partial charge in [0.2, 0.25) is 0 Å². The van der Waals surface area contributed by atoms with Gasteiger partial charge in [0.05, 0.1) is 5.56 Å². The number of carbonyl (C=O) groups excluding carboxylic acids is 1. The van der Waals surface area contributed by atoms with Crippen molar-refractivity contribution in [2.24, 2.45) is 5.92 Å². The summed E-state index contributed by atoms with van der Waals surface area (Å²) in [5, 5.41) is 23.6. The van der Waals surface area contributed by atoms with Crippen molar-refractivity contribution >= 4 is 16.7 Å². The van der Waals surface area contributed by atoms with Gasteiger partial charge >= 0.3 is 0 Å². The number of aliphatic hydroxyl groups excluding tert-OH is 1. The summed E-state index contributed by atoms with van der Waals surface area (Å²) >= 11 is 0. The average molecular weight is 273 g/mol. The van der Waals surface area contributed by atoms with Gasteiger partial charge in [0.1, 0.15) is 5.75 Å². The van der Waals surface area contributed by atoms with E-state index in [1.807, 2.05) is 38.1 Å². The number of aromatic hydroxyl groups is 1. The largest absolute Gasteiger partial charge is 0.506 e. The number of benzene rings is 2. The molecule has 20 heavy (non-hydrogen) atoms. The lowest BCUT2D eigenvalue weighted by molar-refractivity contribution is 0.0914. The Morgan fingerprint density at radius 2 is 1.90 bits per heavy atom. The van der Waals surface area contributed by atoms with Gasteiger partial charge in [0.15, 0.2) is 0 Å².